The van der Waals surface area contributed by atoms with Crippen LogP contribution in [0, 0.1) is 0 Å². The third-order valence-electron chi connectivity index (χ3n) is 2.88. The van der Waals surface area contributed by atoms with Gasteiger partial charge in [-0.2, -0.15) is 13.2 Å². The van der Waals surface area contributed by atoms with Gasteiger partial charge in [0.15, 0.2) is 0 Å². The van der Waals surface area contributed by atoms with Gasteiger partial charge in [-0.3, -0.25) is 0 Å². The summed E-state index contributed by atoms with van der Waals surface area (Å²) >= 11 is 1.62. The zero-order chi connectivity index (χ0) is 16.0. The van der Waals surface area contributed by atoms with Gasteiger partial charge in [0.25, 0.3) is 0 Å². The van der Waals surface area contributed by atoms with Crippen LogP contribution in [0.1, 0.15) is 10.4 Å². The van der Waals surface area contributed by atoms with Crippen molar-refractivity contribution in [2.24, 2.45) is 0 Å². The molecule has 2 aromatic rings. The van der Waals surface area contributed by atoms with Crippen molar-refractivity contribution in [3.05, 3.63) is 52.2 Å². The Labute approximate surface area is 130 Å². The molecule has 0 saturated heterocycles. The Morgan fingerprint density at radius 2 is 1.91 bits per heavy atom. The lowest BCUT2D eigenvalue weighted by atomic mass is 10.2. The first-order valence-corrected chi connectivity index (χ1v) is 7.54. The third kappa shape index (κ3) is 5.32. The maximum atomic E-state index is 12.4. The van der Waals surface area contributed by atoms with E-state index in [0.717, 1.165) is 17.0 Å². The third-order valence-corrected chi connectivity index (χ3v) is 3.76. The summed E-state index contributed by atoms with van der Waals surface area (Å²) in [6, 6.07) is 8.34. The molecule has 1 heterocycles. The summed E-state index contributed by atoms with van der Waals surface area (Å²) in [6.45, 7) is 1.02. The SMILES string of the molecule is OC(CNCc1cccs1)COc1ccc(C(F)(F)F)cc1. The molecule has 7 heteroatoms. The van der Waals surface area contributed by atoms with Crippen LogP contribution in [0.5, 0.6) is 5.75 Å². The number of nitrogens with one attached hydrogen (secondary N) is 1. The Hall–Kier alpha value is -1.57. The van der Waals surface area contributed by atoms with Gasteiger partial charge in [-0.1, -0.05) is 6.07 Å². The molecule has 1 aromatic heterocycles. The second-order valence-electron chi connectivity index (χ2n) is 4.70. The van der Waals surface area contributed by atoms with Crippen LogP contribution in [0.25, 0.3) is 0 Å². The zero-order valence-electron chi connectivity index (χ0n) is 11.6. The Balaban J connectivity index is 1.70. The van der Waals surface area contributed by atoms with Crippen molar-refractivity contribution in [2.75, 3.05) is 13.2 Å². The molecule has 1 aromatic carbocycles. The fourth-order valence-electron chi connectivity index (χ4n) is 1.77. The Morgan fingerprint density at radius 3 is 2.50 bits per heavy atom. The van der Waals surface area contributed by atoms with E-state index < -0.39 is 17.8 Å². The highest BCUT2D eigenvalue weighted by Crippen LogP contribution is 2.30. The van der Waals surface area contributed by atoms with Crippen LogP contribution in [0.2, 0.25) is 0 Å². The molecular weight excluding hydrogens is 315 g/mol. The van der Waals surface area contributed by atoms with Crippen molar-refractivity contribution in [1.82, 2.24) is 5.32 Å². The molecule has 0 radical (unpaired) electrons. The topological polar surface area (TPSA) is 41.5 Å². The van der Waals surface area contributed by atoms with Gasteiger partial charge < -0.3 is 15.2 Å². The van der Waals surface area contributed by atoms with Crippen LogP contribution in [-0.2, 0) is 12.7 Å². The Morgan fingerprint density at radius 1 is 1.18 bits per heavy atom. The van der Waals surface area contributed by atoms with E-state index in [0.29, 0.717) is 18.8 Å². The standard InChI is InChI=1S/C15H16F3NO2S/c16-15(17,18)11-3-5-13(6-4-11)21-10-12(20)8-19-9-14-2-1-7-22-14/h1-7,12,19-20H,8-10H2. The van der Waals surface area contributed by atoms with Crippen LogP contribution in [0.15, 0.2) is 41.8 Å². The molecule has 0 aliphatic heterocycles. The Bertz CT molecular complexity index is 555. The van der Waals surface area contributed by atoms with Crippen molar-refractivity contribution >= 4 is 11.3 Å². The summed E-state index contributed by atoms with van der Waals surface area (Å²) in [5.41, 5.74) is -0.724. The number of aliphatic hydroxyl groups is 1. The molecule has 3 nitrogen and oxygen atoms in total. The quantitative estimate of drug-likeness (QED) is 0.818. The normalized spacial score (nSPS) is 13.1. The van der Waals surface area contributed by atoms with Gasteiger partial charge in [0, 0.05) is 18.0 Å². The summed E-state index contributed by atoms with van der Waals surface area (Å²) in [4.78, 5) is 1.16. The molecule has 1 unspecified atom stereocenters. The summed E-state index contributed by atoms with van der Waals surface area (Å²) in [7, 11) is 0. The molecule has 1 atom stereocenters. The number of alkyl halides is 3. The smallest absolute Gasteiger partial charge is 0.416 e. The monoisotopic (exact) mass is 331 g/mol. The van der Waals surface area contributed by atoms with E-state index in [4.69, 9.17) is 4.74 Å². The van der Waals surface area contributed by atoms with Crippen LogP contribution in [0.3, 0.4) is 0 Å². The van der Waals surface area contributed by atoms with Crippen molar-refractivity contribution in [2.45, 2.75) is 18.8 Å². The van der Waals surface area contributed by atoms with Gasteiger partial charge in [-0.25, -0.2) is 0 Å². The number of rotatable bonds is 7. The van der Waals surface area contributed by atoms with Crippen molar-refractivity contribution < 1.29 is 23.0 Å². The lowest BCUT2D eigenvalue weighted by Gasteiger charge is -2.13. The van der Waals surface area contributed by atoms with E-state index in [1.165, 1.54) is 12.1 Å². The Kier molecular flexibility index (Phi) is 5.82. The minimum absolute atomic E-state index is 0.0167. The van der Waals surface area contributed by atoms with Crippen LogP contribution in [0.4, 0.5) is 13.2 Å². The molecule has 2 rings (SSSR count). The van der Waals surface area contributed by atoms with E-state index >= 15 is 0 Å². The number of hydrogen-bond acceptors (Lipinski definition) is 4. The van der Waals surface area contributed by atoms with E-state index in [9.17, 15) is 18.3 Å². The highest BCUT2D eigenvalue weighted by atomic mass is 32.1. The minimum Gasteiger partial charge on any atom is -0.491 e. The van der Waals surface area contributed by atoms with Crippen molar-refractivity contribution in [3.8, 4) is 5.75 Å². The first-order valence-electron chi connectivity index (χ1n) is 6.66. The number of hydrogen-bond donors (Lipinski definition) is 2. The molecule has 120 valence electrons. The average Bonchev–Trinajstić information content (AvgIpc) is 2.98. The highest BCUT2D eigenvalue weighted by Gasteiger charge is 2.30. The van der Waals surface area contributed by atoms with E-state index in [1.54, 1.807) is 11.3 Å². The van der Waals surface area contributed by atoms with Crippen LogP contribution < -0.4 is 10.1 Å². The molecule has 2 N–H and O–H groups in total. The number of aliphatic hydroxyl groups excluding tert-OH is 1. The predicted octanol–water partition coefficient (Wildman–Crippen LogP) is 3.30. The van der Waals surface area contributed by atoms with Crippen molar-refractivity contribution in [1.29, 1.82) is 0 Å². The summed E-state index contributed by atoms with van der Waals surface area (Å²) < 4.78 is 42.5. The van der Waals surface area contributed by atoms with Crippen LogP contribution >= 0.6 is 11.3 Å². The first kappa shape index (κ1) is 16.8. The molecule has 0 aliphatic rings. The zero-order valence-corrected chi connectivity index (χ0v) is 12.5. The van der Waals surface area contributed by atoms with E-state index in [-0.39, 0.29) is 6.61 Å². The summed E-state index contributed by atoms with van der Waals surface area (Å²) in [6.07, 6.45) is -5.09. The number of halogens is 3. The van der Waals surface area contributed by atoms with Gasteiger partial charge in [-0.05, 0) is 35.7 Å². The second-order valence-corrected chi connectivity index (χ2v) is 5.73. The fourth-order valence-corrected chi connectivity index (χ4v) is 2.44. The number of ether oxygens (including phenoxy) is 1. The summed E-state index contributed by atoms with van der Waals surface area (Å²) in [5, 5.41) is 14.8. The molecular formula is C15H16F3NO2S. The number of benzene rings is 1. The molecule has 0 fully saturated rings. The van der Waals surface area contributed by atoms with Crippen LogP contribution in [-0.4, -0.2) is 24.4 Å². The van der Waals surface area contributed by atoms with E-state index in [1.807, 2.05) is 17.5 Å². The van der Waals surface area contributed by atoms with Gasteiger partial charge >= 0.3 is 6.18 Å². The van der Waals surface area contributed by atoms with Gasteiger partial charge in [0.05, 0.1) is 5.56 Å². The van der Waals surface area contributed by atoms with Crippen molar-refractivity contribution in [3.63, 3.8) is 0 Å². The maximum absolute atomic E-state index is 12.4. The lowest BCUT2D eigenvalue weighted by Crippen LogP contribution is -2.30. The lowest BCUT2D eigenvalue weighted by molar-refractivity contribution is -0.137. The molecule has 0 aliphatic carbocycles. The largest absolute Gasteiger partial charge is 0.491 e. The molecule has 0 amide bonds. The van der Waals surface area contributed by atoms with Gasteiger partial charge in [0.1, 0.15) is 18.5 Å². The molecule has 22 heavy (non-hydrogen) atoms. The number of thiophene rings is 1. The highest BCUT2D eigenvalue weighted by molar-refractivity contribution is 7.09. The first-order chi connectivity index (χ1) is 10.4. The minimum atomic E-state index is -4.36. The molecule has 0 saturated carbocycles. The molecule has 0 spiro atoms. The fraction of sp³-hybridized carbons (Fsp3) is 0.333. The van der Waals surface area contributed by atoms with Gasteiger partial charge in [0.2, 0.25) is 0 Å². The van der Waals surface area contributed by atoms with E-state index in [2.05, 4.69) is 5.32 Å². The molecule has 0 bridgehead atoms. The van der Waals surface area contributed by atoms with Gasteiger partial charge in [-0.15, -0.1) is 11.3 Å². The second kappa shape index (κ2) is 7.62. The average molecular weight is 331 g/mol. The predicted molar refractivity (Wildman–Crippen MR) is 79.0 cm³/mol. The summed E-state index contributed by atoms with van der Waals surface area (Å²) in [5.74, 6) is 0.297. The maximum Gasteiger partial charge on any atom is 0.416 e.